The van der Waals surface area contributed by atoms with Gasteiger partial charge in [0.1, 0.15) is 17.5 Å². The first kappa shape index (κ1) is 21.4. The first-order valence-electron chi connectivity index (χ1n) is 10.7. The topological polar surface area (TPSA) is 65.1 Å². The summed E-state index contributed by atoms with van der Waals surface area (Å²) in [7, 11) is 0. The summed E-state index contributed by atoms with van der Waals surface area (Å²) in [4.78, 5) is 26.8. The van der Waals surface area contributed by atoms with Gasteiger partial charge < -0.3 is 14.2 Å². The molecule has 0 aliphatic carbocycles. The molecule has 1 aliphatic rings. The number of rotatable bonds is 8. The molecule has 1 aliphatic heterocycles. The maximum Gasteiger partial charge on any atom is 0.338 e. The van der Waals surface area contributed by atoms with Crippen LogP contribution in [0.3, 0.4) is 0 Å². The molecule has 6 nitrogen and oxygen atoms in total. The van der Waals surface area contributed by atoms with Crippen molar-refractivity contribution in [3.63, 3.8) is 0 Å². The number of β-lactam (4-membered cyclic amide) rings is 1. The van der Waals surface area contributed by atoms with E-state index in [4.69, 9.17) is 14.2 Å². The molecule has 1 amide bonds. The Balaban J connectivity index is 1.62. The fraction of sp³-hybridized carbons (Fsp3) is 0.231. The van der Waals surface area contributed by atoms with Crippen LogP contribution in [0.2, 0.25) is 0 Å². The Hall–Kier alpha value is -3.80. The molecule has 0 spiro atoms. The van der Waals surface area contributed by atoms with Crippen LogP contribution in [0, 0.1) is 0 Å². The molecular formula is C26H25NO5. The zero-order valence-electron chi connectivity index (χ0n) is 18.1. The van der Waals surface area contributed by atoms with Gasteiger partial charge in [0.05, 0.1) is 18.8 Å². The van der Waals surface area contributed by atoms with Gasteiger partial charge in [0.15, 0.2) is 0 Å². The first-order valence-corrected chi connectivity index (χ1v) is 10.7. The average molecular weight is 431 g/mol. The van der Waals surface area contributed by atoms with Gasteiger partial charge in [-0.05, 0) is 67.9 Å². The monoisotopic (exact) mass is 431 g/mol. The number of ether oxygens (including phenoxy) is 3. The molecule has 4 rings (SSSR count). The van der Waals surface area contributed by atoms with Gasteiger partial charge in [0.2, 0.25) is 6.10 Å². The number of hydrogen-bond donors (Lipinski definition) is 0. The number of carbonyl (C=O) groups excluding carboxylic acids is 2. The van der Waals surface area contributed by atoms with Crippen molar-refractivity contribution in [3.05, 3.63) is 90.0 Å². The van der Waals surface area contributed by atoms with Crippen molar-refractivity contribution >= 4 is 17.6 Å². The molecule has 0 bridgehead atoms. The fourth-order valence-corrected chi connectivity index (χ4v) is 3.74. The molecule has 3 aromatic rings. The van der Waals surface area contributed by atoms with Crippen molar-refractivity contribution < 1.29 is 23.8 Å². The fourth-order valence-electron chi connectivity index (χ4n) is 3.74. The molecule has 1 saturated heterocycles. The van der Waals surface area contributed by atoms with Crippen molar-refractivity contribution in [2.24, 2.45) is 0 Å². The number of amides is 1. The number of nitrogens with zero attached hydrogens (tertiary/aromatic N) is 1. The number of benzene rings is 3. The second-order valence-electron chi connectivity index (χ2n) is 7.27. The highest BCUT2D eigenvalue weighted by atomic mass is 16.5. The Kier molecular flexibility index (Phi) is 6.40. The van der Waals surface area contributed by atoms with Crippen LogP contribution in [0.15, 0.2) is 78.9 Å². The van der Waals surface area contributed by atoms with Crippen molar-refractivity contribution in [1.82, 2.24) is 0 Å². The summed E-state index contributed by atoms with van der Waals surface area (Å²) in [6, 6.07) is 23.5. The number of anilines is 1. The number of hydrogen-bond acceptors (Lipinski definition) is 5. The quantitative estimate of drug-likeness (QED) is 0.379. The minimum absolute atomic E-state index is 0.142. The third kappa shape index (κ3) is 4.30. The molecule has 1 heterocycles. The summed E-state index contributed by atoms with van der Waals surface area (Å²) in [5.74, 6) is 0.880. The lowest BCUT2D eigenvalue weighted by atomic mass is 9.89. The number of para-hydroxylation sites is 1. The minimum Gasteiger partial charge on any atom is -0.494 e. The van der Waals surface area contributed by atoms with E-state index in [1.165, 1.54) is 0 Å². The summed E-state index contributed by atoms with van der Waals surface area (Å²) >= 11 is 0. The molecule has 6 heteroatoms. The standard InChI is InChI=1S/C26H25NO5/c1-3-30-21-16-12-18(13-17-21)23-24(32-22-8-6-5-7-9-22)25(28)27(23)20-14-10-19(11-15-20)26(29)31-4-2/h5-17,23-24H,3-4H2,1-2H3/t23-,24-/m1/s1. The predicted octanol–water partition coefficient (Wildman–Crippen LogP) is 4.80. The van der Waals surface area contributed by atoms with Gasteiger partial charge in [-0.2, -0.15) is 0 Å². The second kappa shape index (κ2) is 9.56. The molecule has 32 heavy (non-hydrogen) atoms. The van der Waals surface area contributed by atoms with E-state index in [1.54, 1.807) is 36.1 Å². The summed E-state index contributed by atoms with van der Waals surface area (Å²) in [5.41, 5.74) is 2.07. The molecule has 3 aromatic carbocycles. The largest absolute Gasteiger partial charge is 0.494 e. The van der Waals surface area contributed by atoms with Gasteiger partial charge in [-0.3, -0.25) is 9.69 Å². The summed E-state index contributed by atoms with van der Waals surface area (Å²) in [6.07, 6.45) is -0.653. The molecule has 0 saturated carbocycles. The van der Waals surface area contributed by atoms with E-state index >= 15 is 0 Å². The smallest absolute Gasteiger partial charge is 0.338 e. The lowest BCUT2D eigenvalue weighted by Gasteiger charge is -2.46. The molecule has 164 valence electrons. The van der Waals surface area contributed by atoms with E-state index in [2.05, 4.69) is 0 Å². The van der Waals surface area contributed by atoms with Gasteiger partial charge >= 0.3 is 5.97 Å². The minimum atomic E-state index is -0.653. The average Bonchev–Trinajstić information content (AvgIpc) is 2.83. The predicted molar refractivity (Wildman–Crippen MR) is 121 cm³/mol. The third-order valence-electron chi connectivity index (χ3n) is 5.24. The van der Waals surface area contributed by atoms with Crippen LogP contribution in [0.1, 0.15) is 35.8 Å². The molecule has 0 aromatic heterocycles. The lowest BCUT2D eigenvalue weighted by Crippen LogP contribution is -2.61. The highest BCUT2D eigenvalue weighted by molar-refractivity contribution is 6.05. The zero-order chi connectivity index (χ0) is 22.5. The van der Waals surface area contributed by atoms with Crippen LogP contribution in [0.5, 0.6) is 11.5 Å². The van der Waals surface area contributed by atoms with E-state index in [0.29, 0.717) is 30.2 Å². The number of carbonyl (C=O) groups is 2. The normalized spacial score (nSPS) is 17.4. The van der Waals surface area contributed by atoms with E-state index in [9.17, 15) is 9.59 Å². The second-order valence-corrected chi connectivity index (χ2v) is 7.27. The highest BCUT2D eigenvalue weighted by Crippen LogP contribution is 2.41. The molecule has 0 N–H and O–H groups in total. The van der Waals surface area contributed by atoms with Crippen LogP contribution in [-0.4, -0.2) is 31.2 Å². The van der Waals surface area contributed by atoms with Gasteiger partial charge in [-0.25, -0.2) is 4.79 Å². The maximum absolute atomic E-state index is 13.1. The SMILES string of the molecule is CCOC(=O)c1ccc(N2C(=O)[C@H](Oc3ccccc3)[C@H]2c2ccc(OCC)cc2)cc1. The Morgan fingerprint density at radius 1 is 0.844 bits per heavy atom. The van der Waals surface area contributed by atoms with Gasteiger partial charge in [-0.1, -0.05) is 30.3 Å². The molecule has 1 fully saturated rings. The molecular weight excluding hydrogens is 406 g/mol. The van der Waals surface area contributed by atoms with Gasteiger partial charge in [-0.15, -0.1) is 0 Å². The van der Waals surface area contributed by atoms with E-state index < -0.39 is 6.10 Å². The van der Waals surface area contributed by atoms with Crippen LogP contribution >= 0.6 is 0 Å². The Morgan fingerprint density at radius 3 is 2.16 bits per heavy atom. The van der Waals surface area contributed by atoms with E-state index in [-0.39, 0.29) is 17.9 Å². The molecule has 2 atom stereocenters. The number of esters is 1. The van der Waals surface area contributed by atoms with Crippen molar-refractivity contribution in [1.29, 1.82) is 0 Å². The van der Waals surface area contributed by atoms with Crippen LogP contribution in [-0.2, 0) is 9.53 Å². The highest BCUT2D eigenvalue weighted by Gasteiger charge is 2.51. The molecule has 0 unspecified atom stereocenters. The van der Waals surface area contributed by atoms with Gasteiger partial charge in [0, 0.05) is 5.69 Å². The van der Waals surface area contributed by atoms with E-state index in [0.717, 1.165) is 11.3 Å². The molecule has 0 radical (unpaired) electrons. The van der Waals surface area contributed by atoms with Crippen LogP contribution in [0.25, 0.3) is 0 Å². The van der Waals surface area contributed by atoms with Crippen molar-refractivity contribution in [3.8, 4) is 11.5 Å². The van der Waals surface area contributed by atoms with Gasteiger partial charge in [0.25, 0.3) is 5.91 Å². The van der Waals surface area contributed by atoms with Crippen LogP contribution in [0.4, 0.5) is 5.69 Å². The Bertz CT molecular complexity index is 1060. The van der Waals surface area contributed by atoms with Crippen LogP contribution < -0.4 is 14.4 Å². The first-order chi connectivity index (χ1) is 15.6. The van der Waals surface area contributed by atoms with E-state index in [1.807, 2.05) is 61.5 Å². The Morgan fingerprint density at radius 2 is 1.53 bits per heavy atom. The zero-order valence-corrected chi connectivity index (χ0v) is 18.1. The lowest BCUT2D eigenvalue weighted by molar-refractivity contribution is -0.135. The third-order valence-corrected chi connectivity index (χ3v) is 5.24. The summed E-state index contributed by atoms with van der Waals surface area (Å²) in [5, 5.41) is 0. The maximum atomic E-state index is 13.1. The summed E-state index contributed by atoms with van der Waals surface area (Å²) in [6.45, 7) is 4.59. The Labute approximate surface area is 187 Å². The van der Waals surface area contributed by atoms with Crippen molar-refractivity contribution in [2.45, 2.75) is 26.0 Å². The summed E-state index contributed by atoms with van der Waals surface area (Å²) < 4.78 is 16.6. The van der Waals surface area contributed by atoms with Crippen molar-refractivity contribution in [2.75, 3.05) is 18.1 Å².